The number of rotatable bonds is 7. The Kier molecular flexibility index (Phi) is 7.03. The van der Waals surface area contributed by atoms with Gasteiger partial charge in [-0.15, -0.1) is 0 Å². The fourth-order valence-corrected chi connectivity index (χ4v) is 4.62. The monoisotopic (exact) mass is 485 g/mol. The molecule has 9 heteroatoms. The van der Waals surface area contributed by atoms with Crippen LogP contribution in [0.3, 0.4) is 0 Å². The van der Waals surface area contributed by atoms with E-state index in [-0.39, 0.29) is 23.7 Å². The number of nitriles is 1. The molecule has 0 aliphatic carbocycles. The van der Waals surface area contributed by atoms with E-state index in [0.717, 1.165) is 16.7 Å². The first-order valence-electron chi connectivity index (χ1n) is 10.6. The van der Waals surface area contributed by atoms with Crippen LogP contribution in [0.15, 0.2) is 71.8 Å². The van der Waals surface area contributed by atoms with Crippen molar-refractivity contribution in [3.05, 3.63) is 89.1 Å². The third-order valence-corrected chi connectivity index (χ3v) is 6.46. The first kappa shape index (κ1) is 23.9. The van der Waals surface area contributed by atoms with Gasteiger partial charge >= 0.3 is 5.97 Å². The predicted molar refractivity (Wildman–Crippen MR) is 128 cm³/mol. The minimum Gasteiger partial charge on any atom is -0.454 e. The van der Waals surface area contributed by atoms with Crippen LogP contribution >= 0.6 is 11.8 Å². The molecular formula is C26H19N3O5S. The number of aryl methyl sites for hydroxylation is 1. The van der Waals surface area contributed by atoms with Crippen molar-refractivity contribution in [1.82, 2.24) is 4.98 Å². The van der Waals surface area contributed by atoms with Gasteiger partial charge in [0.2, 0.25) is 11.8 Å². The number of anilines is 1. The highest BCUT2D eigenvalue weighted by atomic mass is 32.2. The average molecular weight is 486 g/mol. The molecule has 1 unspecified atom stereocenters. The maximum Gasteiger partial charge on any atom is 0.338 e. The molecular weight excluding hydrogens is 466 g/mol. The molecule has 1 saturated heterocycles. The van der Waals surface area contributed by atoms with Gasteiger partial charge in [-0.2, -0.15) is 5.26 Å². The lowest BCUT2D eigenvalue weighted by Gasteiger charge is -2.15. The van der Waals surface area contributed by atoms with Gasteiger partial charge in [-0.1, -0.05) is 42.1 Å². The van der Waals surface area contributed by atoms with Crippen LogP contribution in [0.4, 0.5) is 5.69 Å². The molecule has 1 atom stereocenters. The highest BCUT2D eigenvalue weighted by molar-refractivity contribution is 8.00. The van der Waals surface area contributed by atoms with E-state index in [4.69, 9.17) is 4.74 Å². The summed E-state index contributed by atoms with van der Waals surface area (Å²) in [4.78, 5) is 55.4. The summed E-state index contributed by atoms with van der Waals surface area (Å²) in [6, 6.07) is 19.7. The zero-order valence-electron chi connectivity index (χ0n) is 18.6. The summed E-state index contributed by atoms with van der Waals surface area (Å²) >= 11 is 1.09. The molecule has 1 aliphatic rings. The van der Waals surface area contributed by atoms with Crippen molar-refractivity contribution in [2.75, 3.05) is 11.5 Å². The van der Waals surface area contributed by atoms with Crippen LogP contribution in [0, 0.1) is 18.3 Å². The summed E-state index contributed by atoms with van der Waals surface area (Å²) < 4.78 is 5.09. The molecule has 4 rings (SSSR count). The normalized spacial score (nSPS) is 15.1. The number of nitrogens with zero attached hydrogens (tertiary/aromatic N) is 3. The molecule has 0 saturated carbocycles. The van der Waals surface area contributed by atoms with Gasteiger partial charge in [0.15, 0.2) is 12.4 Å². The third-order valence-electron chi connectivity index (χ3n) is 5.27. The van der Waals surface area contributed by atoms with E-state index in [9.17, 15) is 24.4 Å². The van der Waals surface area contributed by atoms with Gasteiger partial charge < -0.3 is 4.74 Å². The maximum absolute atomic E-state index is 13.0. The second-order valence-corrected chi connectivity index (χ2v) is 8.90. The van der Waals surface area contributed by atoms with E-state index >= 15 is 0 Å². The Morgan fingerprint density at radius 1 is 1.06 bits per heavy atom. The molecule has 0 spiro atoms. The summed E-state index contributed by atoms with van der Waals surface area (Å²) in [7, 11) is 0. The van der Waals surface area contributed by atoms with Gasteiger partial charge in [0.1, 0.15) is 11.1 Å². The Bertz CT molecular complexity index is 1350. The van der Waals surface area contributed by atoms with Crippen LogP contribution in [0.25, 0.3) is 0 Å². The molecule has 35 heavy (non-hydrogen) atoms. The minimum atomic E-state index is -0.711. The van der Waals surface area contributed by atoms with E-state index in [2.05, 4.69) is 11.1 Å². The van der Waals surface area contributed by atoms with Crippen LogP contribution < -0.4 is 4.90 Å². The number of hydrogen-bond donors (Lipinski definition) is 0. The summed E-state index contributed by atoms with van der Waals surface area (Å²) in [5.74, 6) is -1.82. The molecule has 8 nitrogen and oxygen atoms in total. The number of imide groups is 1. The maximum atomic E-state index is 13.0. The molecule has 1 aliphatic heterocycles. The van der Waals surface area contributed by atoms with Crippen LogP contribution in [-0.4, -0.2) is 40.4 Å². The Labute approximate surface area is 205 Å². The zero-order valence-corrected chi connectivity index (χ0v) is 19.5. The summed E-state index contributed by atoms with van der Waals surface area (Å²) in [5.41, 5.74) is 1.98. The SMILES string of the molecule is Cc1ccc(C#N)c(SC2CC(=O)N(c3ccc(C(=O)OCC(=O)c4ccccc4)cc3)C2=O)n1. The molecule has 2 aromatic carbocycles. The van der Waals surface area contributed by atoms with Crippen LogP contribution in [0.2, 0.25) is 0 Å². The molecule has 2 heterocycles. The van der Waals surface area contributed by atoms with Gasteiger partial charge in [-0.05, 0) is 43.3 Å². The largest absolute Gasteiger partial charge is 0.454 e. The summed E-state index contributed by atoms with van der Waals surface area (Å²) in [6.45, 7) is 1.38. The Balaban J connectivity index is 1.41. The molecule has 1 aromatic heterocycles. The topological polar surface area (TPSA) is 117 Å². The smallest absolute Gasteiger partial charge is 0.338 e. The fourth-order valence-electron chi connectivity index (χ4n) is 3.48. The van der Waals surface area contributed by atoms with E-state index in [0.29, 0.717) is 27.5 Å². The Morgan fingerprint density at radius 2 is 1.77 bits per heavy atom. The number of ether oxygens (including phenoxy) is 1. The Morgan fingerprint density at radius 3 is 2.46 bits per heavy atom. The van der Waals surface area contributed by atoms with Gasteiger partial charge in [0.05, 0.1) is 22.1 Å². The number of pyridine rings is 1. The van der Waals surface area contributed by atoms with Crippen molar-refractivity contribution < 1.29 is 23.9 Å². The van der Waals surface area contributed by atoms with E-state index < -0.39 is 23.7 Å². The number of amides is 2. The van der Waals surface area contributed by atoms with Crippen molar-refractivity contribution >= 4 is 41.0 Å². The number of Topliss-reactive ketones (excluding diaryl/α,β-unsaturated/α-hetero) is 1. The lowest BCUT2D eigenvalue weighted by atomic mass is 10.1. The van der Waals surface area contributed by atoms with Gasteiger partial charge in [-0.25, -0.2) is 14.7 Å². The second-order valence-electron chi connectivity index (χ2n) is 7.71. The second kappa shape index (κ2) is 10.3. The number of esters is 1. The molecule has 0 radical (unpaired) electrons. The number of ketones is 1. The van der Waals surface area contributed by atoms with Crippen molar-refractivity contribution in [2.24, 2.45) is 0 Å². The quantitative estimate of drug-likeness (QED) is 0.282. The number of thioether (sulfide) groups is 1. The zero-order chi connectivity index (χ0) is 24.9. The molecule has 0 N–H and O–H groups in total. The van der Waals surface area contributed by atoms with Crippen LogP contribution in [-0.2, 0) is 14.3 Å². The van der Waals surface area contributed by atoms with Crippen molar-refractivity contribution in [1.29, 1.82) is 5.26 Å². The summed E-state index contributed by atoms with van der Waals surface area (Å²) in [6.07, 6.45) is -0.0324. The average Bonchev–Trinajstić information content (AvgIpc) is 3.15. The highest BCUT2D eigenvalue weighted by Crippen LogP contribution is 2.34. The van der Waals surface area contributed by atoms with E-state index in [1.807, 2.05) is 0 Å². The Hall–Kier alpha value is -4.29. The van der Waals surface area contributed by atoms with E-state index in [1.165, 1.54) is 24.3 Å². The first-order chi connectivity index (χ1) is 16.9. The number of benzene rings is 2. The number of carbonyl (C=O) groups is 4. The minimum absolute atomic E-state index is 0.0324. The number of aromatic nitrogens is 1. The van der Waals surface area contributed by atoms with Gasteiger partial charge in [-0.3, -0.25) is 14.4 Å². The van der Waals surface area contributed by atoms with Crippen molar-refractivity contribution in [2.45, 2.75) is 23.6 Å². The standard InChI is InChI=1S/C26H19N3O5S/c1-16-7-8-19(14-27)24(28-16)35-22-13-23(31)29(25(22)32)20-11-9-18(10-12-20)26(33)34-15-21(30)17-5-3-2-4-6-17/h2-12,22H,13,15H2,1H3. The molecule has 174 valence electrons. The molecule has 3 aromatic rings. The van der Waals surface area contributed by atoms with Crippen LogP contribution in [0.1, 0.15) is 38.4 Å². The molecule has 1 fully saturated rings. The lowest BCUT2D eigenvalue weighted by Crippen LogP contribution is -2.31. The van der Waals surface area contributed by atoms with Gasteiger partial charge in [0.25, 0.3) is 0 Å². The molecule has 0 bridgehead atoms. The summed E-state index contributed by atoms with van der Waals surface area (Å²) in [5, 5.41) is 9.00. The third kappa shape index (κ3) is 5.28. The van der Waals surface area contributed by atoms with Crippen molar-refractivity contribution in [3.8, 4) is 6.07 Å². The number of carbonyl (C=O) groups excluding carboxylic acids is 4. The molecule has 2 amide bonds. The predicted octanol–water partition coefficient (Wildman–Crippen LogP) is 3.73. The number of hydrogen-bond acceptors (Lipinski definition) is 8. The lowest BCUT2D eigenvalue weighted by molar-refractivity contribution is -0.121. The first-order valence-corrected chi connectivity index (χ1v) is 11.5. The van der Waals surface area contributed by atoms with Crippen LogP contribution in [0.5, 0.6) is 0 Å². The van der Waals surface area contributed by atoms with Crippen molar-refractivity contribution in [3.63, 3.8) is 0 Å². The van der Waals surface area contributed by atoms with Gasteiger partial charge in [0, 0.05) is 17.7 Å². The highest BCUT2D eigenvalue weighted by Gasteiger charge is 2.40. The fraction of sp³-hybridized carbons (Fsp3) is 0.154. The van der Waals surface area contributed by atoms with E-state index in [1.54, 1.807) is 49.4 Å².